The van der Waals surface area contributed by atoms with E-state index in [-0.39, 0.29) is 27.4 Å². The lowest BCUT2D eigenvalue weighted by atomic mass is 9.99. The molecule has 9 heteroatoms. The topological polar surface area (TPSA) is 109 Å². The first-order valence-electron chi connectivity index (χ1n) is 12.8. The number of ether oxygens (including phenoxy) is 1. The van der Waals surface area contributed by atoms with Crippen molar-refractivity contribution < 1.29 is 17.9 Å². The fourth-order valence-electron chi connectivity index (χ4n) is 4.44. The van der Waals surface area contributed by atoms with E-state index in [4.69, 9.17) is 10.5 Å². The molecule has 8 nitrogen and oxygen atoms in total. The number of carbonyl (C=O) groups excluding carboxylic acids is 1. The van der Waals surface area contributed by atoms with Gasteiger partial charge in [0, 0.05) is 0 Å². The largest absolute Gasteiger partial charge is 0.493 e. The van der Waals surface area contributed by atoms with Crippen LogP contribution in [0, 0.1) is 12.3 Å². The van der Waals surface area contributed by atoms with Gasteiger partial charge in [-0.05, 0) is 72.9 Å². The van der Waals surface area contributed by atoms with E-state index in [0.29, 0.717) is 35.0 Å². The van der Waals surface area contributed by atoms with Crippen molar-refractivity contribution in [2.75, 3.05) is 12.3 Å². The molecule has 0 radical (unpaired) electrons. The van der Waals surface area contributed by atoms with Gasteiger partial charge in [-0.15, -0.1) is 0 Å². The minimum absolute atomic E-state index is 0.0205. The summed E-state index contributed by atoms with van der Waals surface area (Å²) in [7, 11) is -4.05. The fraction of sp³-hybridized carbons (Fsp3) is 0.267. The van der Waals surface area contributed by atoms with Gasteiger partial charge < -0.3 is 10.5 Å². The van der Waals surface area contributed by atoms with Crippen molar-refractivity contribution in [2.24, 2.45) is 5.41 Å². The number of benzene rings is 2. The van der Waals surface area contributed by atoms with E-state index in [9.17, 15) is 13.2 Å². The summed E-state index contributed by atoms with van der Waals surface area (Å²) in [4.78, 5) is 14.0. The van der Waals surface area contributed by atoms with Crippen molar-refractivity contribution in [3.63, 3.8) is 0 Å². The second-order valence-electron chi connectivity index (χ2n) is 11.0. The molecule has 0 saturated carbocycles. The fourth-order valence-corrected chi connectivity index (χ4v) is 5.97. The number of aromatic nitrogens is 3. The second kappa shape index (κ2) is 9.89. The van der Waals surface area contributed by atoms with Gasteiger partial charge in [0.05, 0.1) is 34.3 Å². The number of anilines is 1. The Bertz CT molecular complexity index is 1770. The van der Waals surface area contributed by atoms with Crippen molar-refractivity contribution in [3.05, 3.63) is 88.2 Å². The Balaban J connectivity index is 1.54. The Kier molecular flexibility index (Phi) is 6.72. The van der Waals surface area contributed by atoms with E-state index in [1.807, 2.05) is 43.3 Å². The molecule has 0 fully saturated rings. The average molecular weight is 545 g/mol. The number of ketones is 1. The predicted molar refractivity (Wildman–Crippen MR) is 152 cm³/mol. The summed E-state index contributed by atoms with van der Waals surface area (Å²) < 4.78 is 36.1. The third-order valence-corrected chi connectivity index (χ3v) is 8.23. The highest BCUT2D eigenvalue weighted by Gasteiger charge is 2.28. The van der Waals surface area contributed by atoms with Gasteiger partial charge in [-0.1, -0.05) is 50.6 Å². The van der Waals surface area contributed by atoms with E-state index < -0.39 is 15.8 Å². The number of fused-ring (bicyclic) bond motifs is 1. The number of aryl methyl sites for hydroxylation is 1. The lowest BCUT2D eigenvalue weighted by Gasteiger charge is -2.18. The van der Waals surface area contributed by atoms with Crippen LogP contribution in [0.3, 0.4) is 0 Å². The molecule has 0 atom stereocenters. The number of nitrogen functional groups attached to an aromatic ring is 1. The molecule has 0 aliphatic heterocycles. The molecule has 0 spiro atoms. The average Bonchev–Trinajstić information content (AvgIpc) is 3.48. The van der Waals surface area contributed by atoms with E-state index in [1.54, 1.807) is 30.3 Å². The predicted octanol–water partition coefficient (Wildman–Crippen LogP) is 3.81. The molecule has 202 valence electrons. The molecule has 39 heavy (non-hydrogen) atoms. The minimum Gasteiger partial charge on any atom is -0.493 e. The summed E-state index contributed by atoms with van der Waals surface area (Å²) in [5, 5.41) is 5.54. The normalized spacial score (nSPS) is 13.3. The van der Waals surface area contributed by atoms with Crippen LogP contribution in [0.25, 0.3) is 17.8 Å². The quantitative estimate of drug-likeness (QED) is 0.355. The van der Waals surface area contributed by atoms with Crippen LogP contribution in [-0.2, 0) is 10.0 Å². The summed E-state index contributed by atoms with van der Waals surface area (Å²) >= 11 is 0. The number of hydrogen-bond donors (Lipinski definition) is 1. The standard InChI is InChI=1S/C30H32N4O4S/c1-20-9-15-24(16-10-20)39(36,37)34-26-8-6-5-7-21(26)17-27(34)28(35)25-18-32-33(29(25)31)22-11-13-23(14-12-22)38-19-30(2,3)4/h7-18H,5-6,19,31H2,1-4H3. The van der Waals surface area contributed by atoms with Crippen molar-refractivity contribution in [1.29, 1.82) is 0 Å². The molecule has 1 aliphatic carbocycles. The van der Waals surface area contributed by atoms with Crippen LogP contribution in [-0.4, -0.2) is 34.6 Å². The first-order valence-corrected chi connectivity index (χ1v) is 14.3. The van der Waals surface area contributed by atoms with Crippen LogP contribution in [0.2, 0.25) is 0 Å². The van der Waals surface area contributed by atoms with Gasteiger partial charge in [-0.3, -0.25) is 4.79 Å². The Hall–Kier alpha value is -4.11. The third-order valence-electron chi connectivity index (χ3n) is 6.49. The molecule has 5 rings (SSSR count). The molecule has 2 heterocycles. The molecule has 0 saturated heterocycles. The van der Waals surface area contributed by atoms with E-state index in [1.165, 1.54) is 10.9 Å². The van der Waals surface area contributed by atoms with Gasteiger partial charge in [0.25, 0.3) is 10.0 Å². The zero-order chi connectivity index (χ0) is 27.9. The summed E-state index contributed by atoms with van der Waals surface area (Å²) in [6, 6.07) is 15.5. The highest BCUT2D eigenvalue weighted by atomic mass is 32.2. The molecule has 0 bridgehead atoms. The third kappa shape index (κ3) is 5.14. The smallest absolute Gasteiger partial charge is 0.268 e. The second-order valence-corrected chi connectivity index (χ2v) is 12.8. The van der Waals surface area contributed by atoms with Crippen molar-refractivity contribution >= 4 is 33.8 Å². The Morgan fingerprint density at radius 3 is 2.36 bits per heavy atom. The Labute approximate surface area is 228 Å². The van der Waals surface area contributed by atoms with Gasteiger partial charge in [0.2, 0.25) is 5.78 Å². The van der Waals surface area contributed by atoms with E-state index >= 15 is 0 Å². The van der Waals surface area contributed by atoms with Gasteiger partial charge in [0.1, 0.15) is 17.3 Å². The van der Waals surface area contributed by atoms with Crippen molar-refractivity contribution in [2.45, 2.75) is 45.4 Å². The minimum atomic E-state index is -4.05. The molecule has 4 aromatic rings. The highest BCUT2D eigenvalue weighted by Crippen LogP contribution is 2.24. The molecule has 2 aromatic carbocycles. The summed E-state index contributed by atoms with van der Waals surface area (Å²) in [5.74, 6) is 0.318. The zero-order valence-corrected chi connectivity index (χ0v) is 23.3. The first-order chi connectivity index (χ1) is 18.5. The Morgan fingerprint density at radius 1 is 1.03 bits per heavy atom. The van der Waals surface area contributed by atoms with Gasteiger partial charge >= 0.3 is 0 Å². The summed E-state index contributed by atoms with van der Waals surface area (Å²) in [6.07, 6.45) is 6.63. The van der Waals surface area contributed by atoms with Gasteiger partial charge in [-0.25, -0.2) is 17.1 Å². The molecule has 2 aromatic heterocycles. The maximum absolute atomic E-state index is 13.8. The van der Waals surface area contributed by atoms with E-state index in [2.05, 4.69) is 25.9 Å². The van der Waals surface area contributed by atoms with Gasteiger partial charge in [-0.2, -0.15) is 5.10 Å². The molecule has 2 N–H and O–H groups in total. The molecular formula is C30H32N4O4S. The number of rotatable bonds is 7. The SMILES string of the molecule is Cc1ccc(S(=O)(=O)n2c(C(=O)c3cnn(-c4ccc(OCC(C)(C)C)cc4)c3N)cc3c2=CCCC=3)cc1. The van der Waals surface area contributed by atoms with Crippen LogP contribution < -0.4 is 21.0 Å². The summed E-state index contributed by atoms with van der Waals surface area (Å²) in [6.45, 7) is 8.75. The van der Waals surface area contributed by atoms with Crippen LogP contribution in [0.5, 0.6) is 5.75 Å². The highest BCUT2D eigenvalue weighted by molar-refractivity contribution is 7.90. The van der Waals surface area contributed by atoms with Crippen LogP contribution in [0.15, 0.2) is 65.7 Å². The Morgan fingerprint density at radius 2 is 1.69 bits per heavy atom. The van der Waals surface area contributed by atoms with E-state index in [0.717, 1.165) is 16.0 Å². The van der Waals surface area contributed by atoms with Crippen LogP contribution in [0.4, 0.5) is 5.82 Å². The molecule has 1 aliphatic rings. The van der Waals surface area contributed by atoms with Crippen LogP contribution in [0.1, 0.15) is 55.2 Å². The lowest BCUT2D eigenvalue weighted by molar-refractivity contribution is 0.103. The monoisotopic (exact) mass is 544 g/mol. The van der Waals surface area contributed by atoms with Crippen LogP contribution >= 0.6 is 0 Å². The number of nitrogens with two attached hydrogens (primary N) is 1. The molecule has 0 amide bonds. The molecule has 0 unspecified atom stereocenters. The number of nitrogens with zero attached hydrogens (tertiary/aromatic N) is 3. The number of hydrogen-bond acceptors (Lipinski definition) is 6. The maximum Gasteiger partial charge on any atom is 0.268 e. The zero-order valence-electron chi connectivity index (χ0n) is 22.5. The maximum atomic E-state index is 13.8. The van der Waals surface area contributed by atoms with Crippen molar-refractivity contribution in [3.8, 4) is 11.4 Å². The molecular weight excluding hydrogens is 512 g/mol. The van der Waals surface area contributed by atoms with Crippen molar-refractivity contribution in [1.82, 2.24) is 13.8 Å². The number of carbonyl (C=O) groups is 1. The van der Waals surface area contributed by atoms with Gasteiger partial charge in [0.15, 0.2) is 0 Å². The summed E-state index contributed by atoms with van der Waals surface area (Å²) in [5.41, 5.74) is 8.17. The first kappa shape index (κ1) is 26.5. The lowest BCUT2D eigenvalue weighted by Crippen LogP contribution is -2.35.